The Labute approximate surface area is 135 Å². The standard InChI is InChI=1S/C16H14F4N2O2/c17-12-2-3-13(14(9-12)24-10-16(18,19)20)22-15(23)4-1-11-5-7-21-8-6-11/h2-3,5-9H,1,4,10H2,(H,22,23). The second-order valence-corrected chi connectivity index (χ2v) is 4.95. The Hall–Kier alpha value is -2.64. The minimum absolute atomic E-state index is 0.0135. The van der Waals surface area contributed by atoms with E-state index in [2.05, 4.69) is 15.0 Å². The van der Waals surface area contributed by atoms with Crippen LogP contribution in [0.25, 0.3) is 0 Å². The molecule has 1 aromatic heterocycles. The molecule has 0 unspecified atom stereocenters. The van der Waals surface area contributed by atoms with Crippen LogP contribution in [-0.2, 0) is 11.2 Å². The van der Waals surface area contributed by atoms with Gasteiger partial charge in [0.05, 0.1) is 5.69 Å². The number of hydrogen-bond acceptors (Lipinski definition) is 3. The second-order valence-electron chi connectivity index (χ2n) is 4.95. The van der Waals surface area contributed by atoms with Gasteiger partial charge in [0.25, 0.3) is 0 Å². The van der Waals surface area contributed by atoms with Crippen LogP contribution in [0, 0.1) is 5.82 Å². The van der Waals surface area contributed by atoms with Crippen molar-refractivity contribution in [2.45, 2.75) is 19.0 Å². The number of ether oxygens (including phenoxy) is 1. The maximum atomic E-state index is 13.2. The molecule has 0 aliphatic carbocycles. The fourth-order valence-electron chi connectivity index (χ4n) is 1.90. The first-order chi connectivity index (χ1) is 11.3. The van der Waals surface area contributed by atoms with Crippen molar-refractivity contribution in [2.24, 2.45) is 0 Å². The number of aryl methyl sites for hydroxylation is 1. The number of alkyl halides is 3. The number of aromatic nitrogens is 1. The molecule has 0 bridgehead atoms. The molecule has 2 aromatic rings. The normalized spacial score (nSPS) is 11.2. The summed E-state index contributed by atoms with van der Waals surface area (Å²) in [5.74, 6) is -1.55. The number of amides is 1. The smallest absolute Gasteiger partial charge is 0.422 e. The van der Waals surface area contributed by atoms with Gasteiger partial charge >= 0.3 is 6.18 Å². The minimum atomic E-state index is -4.56. The van der Waals surface area contributed by atoms with Gasteiger partial charge in [-0.05, 0) is 36.2 Å². The van der Waals surface area contributed by atoms with E-state index >= 15 is 0 Å². The molecule has 0 fully saturated rings. The summed E-state index contributed by atoms with van der Waals surface area (Å²) in [4.78, 5) is 15.8. The van der Waals surface area contributed by atoms with E-state index in [-0.39, 0.29) is 17.9 Å². The summed E-state index contributed by atoms with van der Waals surface area (Å²) >= 11 is 0. The molecule has 1 heterocycles. The zero-order valence-electron chi connectivity index (χ0n) is 12.4. The van der Waals surface area contributed by atoms with Crippen molar-refractivity contribution in [3.05, 3.63) is 54.1 Å². The predicted molar refractivity (Wildman–Crippen MR) is 79.1 cm³/mol. The van der Waals surface area contributed by atoms with Gasteiger partial charge in [-0.15, -0.1) is 0 Å². The number of benzene rings is 1. The molecular formula is C16H14F4N2O2. The molecule has 4 nitrogen and oxygen atoms in total. The van der Waals surface area contributed by atoms with Crippen molar-refractivity contribution < 1.29 is 27.1 Å². The molecule has 0 saturated carbocycles. The first kappa shape index (κ1) is 17.7. The Balaban J connectivity index is 1.99. The summed E-state index contributed by atoms with van der Waals surface area (Å²) in [5, 5.41) is 2.43. The Bertz CT molecular complexity index is 690. The van der Waals surface area contributed by atoms with Gasteiger partial charge in [0, 0.05) is 24.9 Å². The number of nitrogens with one attached hydrogen (secondary N) is 1. The third-order valence-corrected chi connectivity index (χ3v) is 3.00. The molecule has 1 aromatic carbocycles. The molecule has 0 spiro atoms. The molecular weight excluding hydrogens is 328 g/mol. The van der Waals surface area contributed by atoms with Crippen LogP contribution in [0.3, 0.4) is 0 Å². The van der Waals surface area contributed by atoms with E-state index in [1.54, 1.807) is 24.5 Å². The minimum Gasteiger partial charge on any atom is -0.482 e. The molecule has 24 heavy (non-hydrogen) atoms. The van der Waals surface area contributed by atoms with Crippen molar-refractivity contribution in [1.29, 1.82) is 0 Å². The highest BCUT2D eigenvalue weighted by Crippen LogP contribution is 2.27. The maximum Gasteiger partial charge on any atom is 0.422 e. The fourth-order valence-corrected chi connectivity index (χ4v) is 1.90. The highest BCUT2D eigenvalue weighted by atomic mass is 19.4. The summed E-state index contributed by atoms with van der Waals surface area (Å²) in [6.07, 6.45) is -0.823. The lowest BCUT2D eigenvalue weighted by Gasteiger charge is -2.14. The van der Waals surface area contributed by atoms with Gasteiger partial charge in [-0.1, -0.05) is 0 Å². The van der Waals surface area contributed by atoms with E-state index in [9.17, 15) is 22.4 Å². The number of hydrogen-bond donors (Lipinski definition) is 1. The summed E-state index contributed by atoms with van der Waals surface area (Å²) in [6, 6.07) is 6.49. The molecule has 128 valence electrons. The Morgan fingerprint density at radius 1 is 1.17 bits per heavy atom. The van der Waals surface area contributed by atoms with Crippen molar-refractivity contribution in [2.75, 3.05) is 11.9 Å². The lowest BCUT2D eigenvalue weighted by molar-refractivity contribution is -0.153. The number of carbonyl (C=O) groups is 1. The molecule has 0 aliphatic heterocycles. The molecule has 2 rings (SSSR count). The first-order valence-corrected chi connectivity index (χ1v) is 7.01. The molecule has 0 atom stereocenters. The van der Waals surface area contributed by atoms with Crippen molar-refractivity contribution >= 4 is 11.6 Å². The van der Waals surface area contributed by atoms with Crippen LogP contribution in [0.4, 0.5) is 23.2 Å². The number of carbonyl (C=O) groups excluding carboxylic acids is 1. The van der Waals surface area contributed by atoms with Crippen molar-refractivity contribution in [3.8, 4) is 5.75 Å². The number of pyridine rings is 1. The predicted octanol–water partition coefficient (Wildman–Crippen LogP) is 3.73. The van der Waals surface area contributed by atoms with Crippen LogP contribution in [-0.4, -0.2) is 23.7 Å². The topological polar surface area (TPSA) is 51.2 Å². The zero-order chi connectivity index (χ0) is 17.6. The van der Waals surface area contributed by atoms with Gasteiger partial charge < -0.3 is 10.1 Å². The third-order valence-electron chi connectivity index (χ3n) is 3.00. The molecule has 8 heteroatoms. The third kappa shape index (κ3) is 5.86. The van der Waals surface area contributed by atoms with Gasteiger partial charge in [0.2, 0.25) is 5.91 Å². The van der Waals surface area contributed by atoms with Crippen LogP contribution >= 0.6 is 0 Å². The van der Waals surface area contributed by atoms with Crippen LogP contribution in [0.2, 0.25) is 0 Å². The van der Waals surface area contributed by atoms with Gasteiger partial charge in [0.1, 0.15) is 11.6 Å². The average molecular weight is 342 g/mol. The first-order valence-electron chi connectivity index (χ1n) is 7.01. The highest BCUT2D eigenvalue weighted by Gasteiger charge is 2.29. The maximum absolute atomic E-state index is 13.2. The van der Waals surface area contributed by atoms with Crippen LogP contribution in [0.15, 0.2) is 42.7 Å². The Kier molecular flexibility index (Phi) is 5.73. The van der Waals surface area contributed by atoms with Gasteiger partial charge in [-0.3, -0.25) is 9.78 Å². The number of halogens is 4. The van der Waals surface area contributed by atoms with Crippen LogP contribution < -0.4 is 10.1 Å². The molecule has 0 saturated heterocycles. The lowest BCUT2D eigenvalue weighted by Crippen LogP contribution is -2.20. The summed E-state index contributed by atoms with van der Waals surface area (Å²) in [7, 11) is 0. The van der Waals surface area contributed by atoms with Crippen LogP contribution in [0.5, 0.6) is 5.75 Å². The number of rotatable bonds is 6. The van der Waals surface area contributed by atoms with Gasteiger partial charge in [0.15, 0.2) is 6.61 Å². The van der Waals surface area contributed by atoms with E-state index in [1.165, 1.54) is 0 Å². The summed E-state index contributed by atoms with van der Waals surface area (Å²) in [5.41, 5.74) is 0.883. The van der Waals surface area contributed by atoms with Crippen molar-refractivity contribution in [1.82, 2.24) is 4.98 Å². The number of anilines is 1. The van der Waals surface area contributed by atoms with Gasteiger partial charge in [-0.25, -0.2) is 4.39 Å². The van der Waals surface area contributed by atoms with Gasteiger partial charge in [-0.2, -0.15) is 13.2 Å². The SMILES string of the molecule is O=C(CCc1ccncc1)Nc1ccc(F)cc1OCC(F)(F)F. The second kappa shape index (κ2) is 7.76. The monoisotopic (exact) mass is 342 g/mol. The van der Waals surface area contributed by atoms with E-state index in [0.29, 0.717) is 6.42 Å². The largest absolute Gasteiger partial charge is 0.482 e. The quantitative estimate of drug-likeness (QED) is 0.814. The van der Waals surface area contributed by atoms with E-state index < -0.39 is 24.5 Å². The summed E-state index contributed by atoms with van der Waals surface area (Å²) in [6.45, 7) is -1.57. The molecule has 0 radical (unpaired) electrons. The zero-order valence-corrected chi connectivity index (χ0v) is 12.4. The lowest BCUT2D eigenvalue weighted by atomic mass is 10.1. The molecule has 1 amide bonds. The molecule has 0 aliphatic rings. The van der Waals surface area contributed by atoms with Crippen molar-refractivity contribution in [3.63, 3.8) is 0 Å². The van der Waals surface area contributed by atoms with E-state index in [4.69, 9.17) is 0 Å². The summed E-state index contributed by atoms with van der Waals surface area (Å²) < 4.78 is 54.5. The fraction of sp³-hybridized carbons (Fsp3) is 0.250. The van der Waals surface area contributed by atoms with E-state index in [1.807, 2.05) is 0 Å². The Morgan fingerprint density at radius 3 is 2.54 bits per heavy atom. The van der Waals surface area contributed by atoms with Crippen LogP contribution in [0.1, 0.15) is 12.0 Å². The Morgan fingerprint density at radius 2 is 1.88 bits per heavy atom. The van der Waals surface area contributed by atoms with E-state index in [0.717, 1.165) is 23.8 Å². The number of nitrogens with zero attached hydrogens (tertiary/aromatic N) is 1. The average Bonchev–Trinajstić information content (AvgIpc) is 2.53. The molecule has 1 N–H and O–H groups in total. The highest BCUT2D eigenvalue weighted by molar-refractivity contribution is 5.92.